The lowest BCUT2D eigenvalue weighted by Crippen LogP contribution is -2.41. The molecule has 2 aromatic rings. The number of ether oxygens (including phenoxy) is 1. The molecule has 1 heterocycles. The molecule has 1 saturated carbocycles. The van der Waals surface area contributed by atoms with Gasteiger partial charge in [-0.25, -0.2) is 4.79 Å². The van der Waals surface area contributed by atoms with Crippen LogP contribution in [0.5, 0.6) is 5.75 Å². The van der Waals surface area contributed by atoms with E-state index >= 15 is 0 Å². The monoisotopic (exact) mass is 355 g/mol. The van der Waals surface area contributed by atoms with Gasteiger partial charge in [-0.2, -0.15) is 0 Å². The van der Waals surface area contributed by atoms with Gasteiger partial charge < -0.3 is 20.5 Å². The Morgan fingerprint density at radius 3 is 2.46 bits per heavy atom. The molecule has 6 heteroatoms. The summed E-state index contributed by atoms with van der Waals surface area (Å²) in [6, 6.07) is 10.7. The molecule has 1 aliphatic rings. The predicted octanol–water partition coefficient (Wildman–Crippen LogP) is 3.43. The zero-order valence-electron chi connectivity index (χ0n) is 14.9. The lowest BCUT2D eigenvalue weighted by Gasteiger charge is -2.29. The van der Waals surface area contributed by atoms with Gasteiger partial charge in [0.2, 0.25) is 0 Å². The number of benzene rings is 1. The molecular weight excluding hydrogens is 330 g/mol. The number of carboxylic acid groups (broad SMARTS) is 1. The topological polar surface area (TPSA) is 83.5 Å². The maximum Gasteiger partial charge on any atom is 0.404 e. The van der Waals surface area contributed by atoms with Gasteiger partial charge >= 0.3 is 6.09 Å². The van der Waals surface area contributed by atoms with Crippen LogP contribution in [-0.2, 0) is 6.54 Å². The van der Waals surface area contributed by atoms with Crippen molar-refractivity contribution in [2.75, 3.05) is 7.11 Å². The lowest BCUT2D eigenvalue weighted by molar-refractivity contribution is 0.183. The highest BCUT2D eigenvalue weighted by atomic mass is 16.5. The Morgan fingerprint density at radius 1 is 1.12 bits per heavy atom. The highest BCUT2D eigenvalue weighted by molar-refractivity contribution is 5.65. The van der Waals surface area contributed by atoms with E-state index in [-0.39, 0.29) is 6.04 Å². The number of hydrogen-bond donors (Lipinski definition) is 3. The number of methoxy groups -OCH3 is 1. The zero-order chi connectivity index (χ0) is 18.4. The van der Waals surface area contributed by atoms with E-state index in [9.17, 15) is 4.79 Å². The van der Waals surface area contributed by atoms with Crippen LogP contribution in [0.4, 0.5) is 4.79 Å². The van der Waals surface area contributed by atoms with Crippen LogP contribution in [-0.4, -0.2) is 35.4 Å². The van der Waals surface area contributed by atoms with E-state index in [1.54, 1.807) is 19.5 Å². The minimum Gasteiger partial charge on any atom is -0.496 e. The molecule has 1 aromatic heterocycles. The quantitative estimate of drug-likeness (QED) is 0.739. The fourth-order valence-corrected chi connectivity index (χ4v) is 3.51. The molecule has 1 aromatic carbocycles. The number of pyridine rings is 1. The summed E-state index contributed by atoms with van der Waals surface area (Å²) in [5, 5.41) is 15.0. The summed E-state index contributed by atoms with van der Waals surface area (Å²) in [6.07, 6.45) is 6.34. The SMILES string of the molecule is COc1ccc(-c2ccncc2)cc1CN[C@H]1CC[C@H](NC(=O)O)CC1. The van der Waals surface area contributed by atoms with Crippen LogP contribution in [0.2, 0.25) is 0 Å². The predicted molar refractivity (Wildman–Crippen MR) is 100 cm³/mol. The Balaban J connectivity index is 1.61. The van der Waals surface area contributed by atoms with Gasteiger partial charge in [0.1, 0.15) is 5.75 Å². The van der Waals surface area contributed by atoms with E-state index < -0.39 is 6.09 Å². The van der Waals surface area contributed by atoms with Gasteiger partial charge in [-0.1, -0.05) is 6.07 Å². The molecule has 0 unspecified atom stereocenters. The minimum absolute atomic E-state index is 0.0788. The van der Waals surface area contributed by atoms with Crippen LogP contribution in [0.15, 0.2) is 42.7 Å². The van der Waals surface area contributed by atoms with Crippen molar-refractivity contribution in [1.29, 1.82) is 0 Å². The zero-order valence-corrected chi connectivity index (χ0v) is 14.9. The Kier molecular flexibility index (Phi) is 6.07. The number of aromatic nitrogens is 1. The molecule has 3 N–H and O–H groups in total. The number of rotatable bonds is 6. The van der Waals surface area contributed by atoms with E-state index in [2.05, 4.69) is 27.8 Å². The molecule has 0 aliphatic heterocycles. The van der Waals surface area contributed by atoms with Gasteiger partial charge in [0.15, 0.2) is 0 Å². The van der Waals surface area contributed by atoms with E-state index in [0.717, 1.165) is 54.7 Å². The fourth-order valence-electron chi connectivity index (χ4n) is 3.51. The molecule has 0 atom stereocenters. The van der Waals surface area contributed by atoms with Crippen molar-refractivity contribution in [2.24, 2.45) is 0 Å². The molecule has 1 fully saturated rings. The van der Waals surface area contributed by atoms with E-state index in [4.69, 9.17) is 9.84 Å². The Morgan fingerprint density at radius 2 is 1.81 bits per heavy atom. The van der Waals surface area contributed by atoms with E-state index in [1.807, 2.05) is 18.2 Å². The second kappa shape index (κ2) is 8.67. The van der Waals surface area contributed by atoms with E-state index in [0.29, 0.717) is 6.04 Å². The molecule has 0 saturated heterocycles. The number of amides is 1. The molecule has 0 bridgehead atoms. The van der Waals surface area contributed by atoms with Crippen molar-refractivity contribution in [1.82, 2.24) is 15.6 Å². The molecule has 26 heavy (non-hydrogen) atoms. The van der Waals surface area contributed by atoms with Crippen LogP contribution < -0.4 is 15.4 Å². The number of carbonyl (C=O) groups is 1. The lowest BCUT2D eigenvalue weighted by atomic mass is 9.91. The van der Waals surface area contributed by atoms with Crippen molar-refractivity contribution in [2.45, 2.75) is 44.3 Å². The third-order valence-electron chi connectivity index (χ3n) is 4.93. The number of hydrogen-bond acceptors (Lipinski definition) is 4. The van der Waals surface area contributed by atoms with Crippen molar-refractivity contribution in [3.63, 3.8) is 0 Å². The normalized spacial score (nSPS) is 19.7. The highest BCUT2D eigenvalue weighted by Gasteiger charge is 2.22. The molecule has 1 aliphatic carbocycles. The van der Waals surface area contributed by atoms with Crippen molar-refractivity contribution in [3.05, 3.63) is 48.3 Å². The summed E-state index contributed by atoms with van der Waals surface area (Å²) in [5.74, 6) is 0.872. The average molecular weight is 355 g/mol. The standard InChI is InChI=1S/C20H25N3O3/c1-26-19-7-2-15(14-8-10-21-11-9-14)12-16(19)13-22-17-3-5-18(6-4-17)23-20(24)25/h2,7-12,17-18,22-23H,3-6,13H2,1H3,(H,24,25)/t17-,18-. The van der Waals surface area contributed by atoms with Crippen LogP contribution in [0.1, 0.15) is 31.2 Å². The van der Waals surface area contributed by atoms with Crippen LogP contribution in [0, 0.1) is 0 Å². The van der Waals surface area contributed by atoms with E-state index in [1.165, 1.54) is 0 Å². The third kappa shape index (κ3) is 4.73. The van der Waals surface area contributed by atoms with Crippen molar-refractivity contribution >= 4 is 6.09 Å². The maximum absolute atomic E-state index is 10.7. The highest BCUT2D eigenvalue weighted by Crippen LogP contribution is 2.27. The smallest absolute Gasteiger partial charge is 0.404 e. The first kappa shape index (κ1) is 18.2. The summed E-state index contributed by atoms with van der Waals surface area (Å²) in [6.45, 7) is 0.726. The molecule has 1 amide bonds. The molecule has 0 spiro atoms. The number of nitrogens with zero attached hydrogens (tertiary/aromatic N) is 1. The van der Waals surface area contributed by atoms with Gasteiger partial charge in [0.25, 0.3) is 0 Å². The van der Waals surface area contributed by atoms with Gasteiger partial charge in [-0.05, 0) is 61.1 Å². The third-order valence-corrected chi connectivity index (χ3v) is 4.93. The van der Waals surface area contributed by atoms with Gasteiger partial charge in [0.05, 0.1) is 7.11 Å². The molecular formula is C20H25N3O3. The van der Waals surface area contributed by atoms with Gasteiger partial charge in [-0.15, -0.1) is 0 Å². The van der Waals surface area contributed by atoms with Gasteiger partial charge in [0, 0.05) is 36.6 Å². The average Bonchev–Trinajstić information content (AvgIpc) is 2.67. The Bertz CT molecular complexity index is 728. The van der Waals surface area contributed by atoms with Gasteiger partial charge in [-0.3, -0.25) is 4.98 Å². The molecule has 6 nitrogen and oxygen atoms in total. The molecule has 0 radical (unpaired) electrons. The Hall–Kier alpha value is -2.60. The first-order chi connectivity index (χ1) is 12.7. The summed E-state index contributed by atoms with van der Waals surface area (Å²) < 4.78 is 5.51. The molecule has 3 rings (SSSR count). The van der Waals surface area contributed by atoms with Crippen molar-refractivity contribution in [3.8, 4) is 16.9 Å². The first-order valence-corrected chi connectivity index (χ1v) is 8.96. The van der Waals surface area contributed by atoms with Crippen LogP contribution in [0.3, 0.4) is 0 Å². The Labute approximate surface area is 153 Å². The molecule has 138 valence electrons. The second-order valence-electron chi connectivity index (χ2n) is 6.64. The first-order valence-electron chi connectivity index (χ1n) is 8.96. The maximum atomic E-state index is 10.7. The second-order valence-corrected chi connectivity index (χ2v) is 6.64. The summed E-state index contributed by atoms with van der Waals surface area (Å²) in [5.41, 5.74) is 3.39. The van der Waals surface area contributed by atoms with Crippen LogP contribution in [0.25, 0.3) is 11.1 Å². The largest absolute Gasteiger partial charge is 0.496 e. The number of nitrogens with one attached hydrogen (secondary N) is 2. The van der Waals surface area contributed by atoms with Crippen molar-refractivity contribution < 1.29 is 14.6 Å². The van der Waals surface area contributed by atoms with Crippen LogP contribution >= 0.6 is 0 Å². The summed E-state index contributed by atoms with van der Waals surface area (Å²) in [7, 11) is 1.69. The summed E-state index contributed by atoms with van der Waals surface area (Å²) >= 11 is 0. The summed E-state index contributed by atoms with van der Waals surface area (Å²) in [4.78, 5) is 14.8. The minimum atomic E-state index is -0.931. The fraction of sp³-hybridized carbons (Fsp3) is 0.400.